The number of hydrogen-bond donors (Lipinski definition) is 2. The van der Waals surface area contributed by atoms with Crippen molar-refractivity contribution in [3.8, 4) is 5.75 Å². The highest BCUT2D eigenvalue weighted by Crippen LogP contribution is 2.36. The molecule has 0 saturated carbocycles. The van der Waals surface area contributed by atoms with Gasteiger partial charge in [-0.05, 0) is 48.4 Å². The molecule has 0 aliphatic heterocycles. The van der Waals surface area contributed by atoms with Crippen LogP contribution in [0.4, 0.5) is 28.7 Å². The smallest absolute Gasteiger partial charge is 0.353 e. The van der Waals surface area contributed by atoms with E-state index in [4.69, 9.17) is 21.1 Å². The number of esters is 1. The normalized spacial score (nSPS) is 10.6. The summed E-state index contributed by atoms with van der Waals surface area (Å²) < 4.78 is 10.5. The number of nitro groups is 1. The molecule has 0 atom stereocenters. The molecule has 0 bridgehead atoms. The molecule has 0 amide bonds. The number of hydrogen-bond acceptors (Lipinski definition) is 9. The molecule has 0 unspecified atom stereocenters. The maximum absolute atomic E-state index is 12.1. The minimum atomic E-state index is -0.598. The third-order valence-electron chi connectivity index (χ3n) is 4.35. The van der Waals surface area contributed by atoms with Crippen molar-refractivity contribution >= 4 is 46.3 Å². The highest BCUT2D eigenvalue weighted by molar-refractivity contribution is 6.31. The molecule has 1 aromatic heterocycles. The van der Waals surface area contributed by atoms with Crippen LogP contribution >= 0.6 is 11.6 Å². The first kappa shape index (κ1) is 23.7. The molecule has 3 aromatic rings. The number of carbonyl (C=O) groups is 1. The Hall–Kier alpha value is -3.92. The van der Waals surface area contributed by atoms with Crippen molar-refractivity contribution in [2.24, 2.45) is 5.92 Å². The summed E-state index contributed by atoms with van der Waals surface area (Å²) in [6.45, 7) is 4.21. The lowest BCUT2D eigenvalue weighted by Crippen LogP contribution is -2.10. The Kier molecular flexibility index (Phi) is 7.62. The Labute approximate surface area is 195 Å². The summed E-state index contributed by atoms with van der Waals surface area (Å²) in [6.07, 6.45) is 1.19. The number of anilines is 4. The monoisotopic (exact) mass is 471 g/mol. The van der Waals surface area contributed by atoms with E-state index < -0.39 is 10.9 Å². The van der Waals surface area contributed by atoms with Gasteiger partial charge in [0.05, 0.1) is 29.9 Å². The number of nitrogens with one attached hydrogen (secondary N) is 2. The van der Waals surface area contributed by atoms with E-state index in [1.54, 1.807) is 42.5 Å². The van der Waals surface area contributed by atoms with Crippen LogP contribution in [0.25, 0.3) is 0 Å². The summed E-state index contributed by atoms with van der Waals surface area (Å²) in [6, 6.07) is 11.2. The maximum atomic E-state index is 12.1. The largest absolute Gasteiger partial charge is 0.495 e. The molecule has 2 aromatic carbocycles. The summed E-state index contributed by atoms with van der Waals surface area (Å²) in [5, 5.41) is 18.0. The van der Waals surface area contributed by atoms with Gasteiger partial charge >= 0.3 is 11.7 Å². The molecule has 0 fully saturated rings. The SMILES string of the molecule is COc1ccc(Cl)cc1Nc1ncnc(Nc2ccc(C(=O)OCC(C)C)cc2)c1[N+](=O)[O-]. The van der Waals surface area contributed by atoms with Crippen LogP contribution < -0.4 is 15.4 Å². The molecule has 0 saturated heterocycles. The van der Waals surface area contributed by atoms with E-state index in [-0.39, 0.29) is 23.2 Å². The molecule has 33 heavy (non-hydrogen) atoms. The Bertz CT molecular complexity index is 1150. The van der Waals surface area contributed by atoms with E-state index in [1.165, 1.54) is 13.4 Å². The fraction of sp³-hybridized carbons (Fsp3) is 0.227. The van der Waals surface area contributed by atoms with Crippen LogP contribution in [-0.4, -0.2) is 34.6 Å². The fourth-order valence-electron chi connectivity index (χ4n) is 2.79. The van der Waals surface area contributed by atoms with E-state index >= 15 is 0 Å². The van der Waals surface area contributed by atoms with E-state index in [0.717, 1.165) is 0 Å². The van der Waals surface area contributed by atoms with Gasteiger partial charge in [0.25, 0.3) is 0 Å². The van der Waals surface area contributed by atoms with Gasteiger partial charge in [-0.15, -0.1) is 0 Å². The Morgan fingerprint density at radius 1 is 1.12 bits per heavy atom. The number of nitrogens with zero attached hydrogens (tertiary/aromatic N) is 3. The van der Waals surface area contributed by atoms with Crippen molar-refractivity contribution in [2.45, 2.75) is 13.8 Å². The molecule has 172 valence electrons. The third-order valence-corrected chi connectivity index (χ3v) is 4.59. The van der Waals surface area contributed by atoms with Gasteiger partial charge in [0, 0.05) is 10.7 Å². The number of carbonyl (C=O) groups excluding carboxylic acids is 1. The average molecular weight is 472 g/mol. The van der Waals surface area contributed by atoms with Crippen LogP contribution in [0.2, 0.25) is 5.02 Å². The van der Waals surface area contributed by atoms with E-state index in [1.807, 2.05) is 13.8 Å². The van der Waals surface area contributed by atoms with E-state index in [2.05, 4.69) is 20.6 Å². The molecule has 0 aliphatic carbocycles. The van der Waals surface area contributed by atoms with Crippen LogP contribution in [0, 0.1) is 16.0 Å². The average Bonchev–Trinajstić information content (AvgIpc) is 2.78. The molecule has 1 heterocycles. The minimum Gasteiger partial charge on any atom is -0.495 e. The number of halogens is 1. The first-order valence-corrected chi connectivity index (χ1v) is 10.3. The summed E-state index contributed by atoms with van der Waals surface area (Å²) in [5.41, 5.74) is 0.888. The van der Waals surface area contributed by atoms with Gasteiger partial charge in [0.2, 0.25) is 11.6 Å². The van der Waals surface area contributed by atoms with Gasteiger partial charge in [-0.25, -0.2) is 14.8 Å². The molecule has 3 rings (SSSR count). The van der Waals surface area contributed by atoms with Gasteiger partial charge < -0.3 is 20.1 Å². The second-order valence-electron chi connectivity index (χ2n) is 7.34. The zero-order chi connectivity index (χ0) is 24.0. The van der Waals surface area contributed by atoms with E-state index in [0.29, 0.717) is 34.3 Å². The Morgan fingerprint density at radius 2 is 1.79 bits per heavy atom. The predicted octanol–water partition coefficient (Wildman–Crippen LogP) is 5.35. The Balaban J connectivity index is 1.85. The van der Waals surface area contributed by atoms with Crippen LogP contribution in [-0.2, 0) is 4.74 Å². The van der Waals surface area contributed by atoms with Gasteiger partial charge in [-0.1, -0.05) is 25.4 Å². The minimum absolute atomic E-state index is 0.0337. The van der Waals surface area contributed by atoms with Crippen LogP contribution in [0.1, 0.15) is 24.2 Å². The third kappa shape index (κ3) is 6.07. The Morgan fingerprint density at radius 3 is 2.39 bits per heavy atom. The van der Waals surface area contributed by atoms with Gasteiger partial charge in [0.15, 0.2) is 0 Å². The number of rotatable bonds is 9. The van der Waals surface area contributed by atoms with Gasteiger partial charge in [0.1, 0.15) is 12.1 Å². The lowest BCUT2D eigenvalue weighted by Gasteiger charge is -2.13. The first-order chi connectivity index (χ1) is 15.8. The molecule has 0 aliphatic rings. The number of aromatic nitrogens is 2. The second-order valence-corrected chi connectivity index (χ2v) is 7.78. The quantitative estimate of drug-likeness (QED) is 0.241. The van der Waals surface area contributed by atoms with Crippen molar-refractivity contribution < 1.29 is 19.2 Å². The lowest BCUT2D eigenvalue weighted by atomic mass is 10.2. The fourth-order valence-corrected chi connectivity index (χ4v) is 2.96. The first-order valence-electron chi connectivity index (χ1n) is 9.92. The maximum Gasteiger partial charge on any atom is 0.353 e. The number of benzene rings is 2. The van der Waals surface area contributed by atoms with Crippen LogP contribution in [0.3, 0.4) is 0 Å². The van der Waals surface area contributed by atoms with Crippen LogP contribution in [0.5, 0.6) is 5.75 Å². The topological polar surface area (TPSA) is 129 Å². The van der Waals surface area contributed by atoms with Crippen molar-refractivity contribution in [3.63, 3.8) is 0 Å². The molecular formula is C22H22ClN5O5. The standard InChI is InChI=1S/C22H22ClN5O5/c1-13(2)11-33-22(29)14-4-7-16(8-5-14)26-20-19(28(30)31)21(25-12-24-20)27-17-10-15(23)6-9-18(17)32-3/h4-10,12-13H,11H2,1-3H3,(H2,24,25,26,27). The molecule has 2 N–H and O–H groups in total. The highest BCUT2D eigenvalue weighted by atomic mass is 35.5. The van der Waals surface area contributed by atoms with Crippen LogP contribution in [0.15, 0.2) is 48.8 Å². The highest BCUT2D eigenvalue weighted by Gasteiger charge is 2.24. The van der Waals surface area contributed by atoms with Gasteiger partial charge in [-0.2, -0.15) is 0 Å². The second kappa shape index (κ2) is 10.6. The summed E-state index contributed by atoms with van der Waals surface area (Å²) >= 11 is 6.04. The summed E-state index contributed by atoms with van der Waals surface area (Å²) in [4.78, 5) is 31.3. The molecule has 10 nitrogen and oxygen atoms in total. The summed E-state index contributed by atoms with van der Waals surface area (Å²) in [5.74, 6) is 0.135. The zero-order valence-corrected chi connectivity index (χ0v) is 18.9. The number of methoxy groups -OCH3 is 1. The zero-order valence-electron chi connectivity index (χ0n) is 18.2. The molecule has 0 radical (unpaired) electrons. The van der Waals surface area contributed by atoms with Crippen molar-refractivity contribution in [3.05, 3.63) is 69.5 Å². The lowest BCUT2D eigenvalue weighted by molar-refractivity contribution is -0.383. The molecular weight excluding hydrogens is 450 g/mol. The summed E-state index contributed by atoms with van der Waals surface area (Å²) in [7, 11) is 1.47. The van der Waals surface area contributed by atoms with Crippen molar-refractivity contribution in [1.29, 1.82) is 0 Å². The predicted molar refractivity (Wildman–Crippen MR) is 125 cm³/mol. The van der Waals surface area contributed by atoms with Gasteiger partial charge in [-0.3, -0.25) is 10.1 Å². The van der Waals surface area contributed by atoms with Crippen molar-refractivity contribution in [1.82, 2.24) is 9.97 Å². The van der Waals surface area contributed by atoms with E-state index in [9.17, 15) is 14.9 Å². The number of ether oxygens (including phenoxy) is 2. The molecule has 0 spiro atoms. The molecule has 11 heteroatoms. The van der Waals surface area contributed by atoms with Crippen molar-refractivity contribution in [2.75, 3.05) is 24.4 Å².